The smallest absolute Gasteiger partial charge is 0.271 e. The summed E-state index contributed by atoms with van der Waals surface area (Å²) in [4.78, 5) is 30.5. The highest BCUT2D eigenvalue weighted by molar-refractivity contribution is 9.10. The predicted octanol–water partition coefficient (Wildman–Crippen LogP) is 4.70. The van der Waals surface area contributed by atoms with Crippen molar-refractivity contribution in [3.63, 3.8) is 0 Å². The Labute approximate surface area is 228 Å². The number of halogens is 1. The van der Waals surface area contributed by atoms with Gasteiger partial charge in [-0.15, -0.1) is 0 Å². The predicted molar refractivity (Wildman–Crippen MR) is 148 cm³/mol. The lowest BCUT2D eigenvalue weighted by Gasteiger charge is -2.30. The van der Waals surface area contributed by atoms with Gasteiger partial charge >= 0.3 is 0 Å². The molecular weight excluding hydrogens is 570 g/mol. The number of phenols is 1. The Morgan fingerprint density at radius 3 is 2.79 bits per heavy atom. The Hall–Kier alpha value is -4.02. The largest absolute Gasteiger partial charge is 0.504 e. The molecule has 2 aliphatic rings. The summed E-state index contributed by atoms with van der Waals surface area (Å²) in [7, 11) is 1.46. The van der Waals surface area contributed by atoms with Crippen LogP contribution in [-0.4, -0.2) is 21.7 Å². The first-order valence-corrected chi connectivity index (χ1v) is 13.4. The number of phenolic OH excluding ortho intramolecular Hbond substituents is 1. The fourth-order valence-electron chi connectivity index (χ4n) is 5.13. The second-order valence-electron chi connectivity index (χ2n) is 9.01. The zero-order valence-corrected chi connectivity index (χ0v) is 22.5. The molecular formula is C28H20BrN3O5S. The maximum Gasteiger partial charge on any atom is 0.271 e. The van der Waals surface area contributed by atoms with Crippen LogP contribution >= 0.6 is 27.3 Å². The van der Waals surface area contributed by atoms with E-state index in [9.17, 15) is 20.0 Å². The second-order valence-corrected chi connectivity index (χ2v) is 10.9. The van der Waals surface area contributed by atoms with Crippen LogP contribution in [0.5, 0.6) is 11.5 Å². The summed E-state index contributed by atoms with van der Waals surface area (Å²) in [5, 5.41) is 22.3. The van der Waals surface area contributed by atoms with Gasteiger partial charge in [-0.3, -0.25) is 19.5 Å². The average Bonchev–Trinajstić information content (AvgIpc) is 3.23. The van der Waals surface area contributed by atoms with E-state index in [4.69, 9.17) is 9.73 Å². The number of benzene rings is 3. The highest BCUT2D eigenvalue weighted by Gasteiger charge is 2.33. The number of nitrogens with zero attached hydrogens (tertiary/aromatic N) is 3. The molecule has 1 unspecified atom stereocenters. The summed E-state index contributed by atoms with van der Waals surface area (Å²) in [6.45, 7) is 0. The van der Waals surface area contributed by atoms with Gasteiger partial charge in [-0.25, -0.2) is 4.99 Å². The minimum absolute atomic E-state index is 0.0360. The first kappa shape index (κ1) is 24.3. The van der Waals surface area contributed by atoms with Gasteiger partial charge in [0.15, 0.2) is 16.3 Å². The van der Waals surface area contributed by atoms with E-state index in [-0.39, 0.29) is 22.7 Å². The van der Waals surface area contributed by atoms with Gasteiger partial charge in [-0.1, -0.05) is 63.7 Å². The molecule has 10 heteroatoms. The van der Waals surface area contributed by atoms with Crippen molar-refractivity contribution in [3.05, 3.63) is 123 Å². The Bertz CT molecular complexity index is 1860. The van der Waals surface area contributed by atoms with Gasteiger partial charge in [0.1, 0.15) is 0 Å². The van der Waals surface area contributed by atoms with Crippen LogP contribution in [0.1, 0.15) is 34.7 Å². The molecule has 4 aromatic rings. The Morgan fingerprint density at radius 2 is 2.00 bits per heavy atom. The average molecular weight is 590 g/mol. The van der Waals surface area contributed by atoms with E-state index in [0.717, 1.165) is 23.3 Å². The van der Waals surface area contributed by atoms with Crippen molar-refractivity contribution in [1.82, 2.24) is 4.57 Å². The monoisotopic (exact) mass is 589 g/mol. The van der Waals surface area contributed by atoms with E-state index in [0.29, 0.717) is 31.4 Å². The maximum absolute atomic E-state index is 13.9. The lowest BCUT2D eigenvalue weighted by atomic mass is 9.83. The van der Waals surface area contributed by atoms with Crippen LogP contribution in [0.4, 0.5) is 5.69 Å². The molecule has 8 nitrogen and oxygen atoms in total. The van der Waals surface area contributed by atoms with E-state index in [1.807, 2.05) is 24.3 Å². The number of hydrogen-bond donors (Lipinski definition) is 1. The molecule has 0 spiro atoms. The summed E-state index contributed by atoms with van der Waals surface area (Å²) < 4.78 is 7.94. The number of fused-ring (bicyclic) bond motifs is 3. The number of nitro groups is 1. The molecule has 1 aliphatic heterocycles. The number of nitro benzene ring substituents is 1. The van der Waals surface area contributed by atoms with Crippen molar-refractivity contribution >= 4 is 44.7 Å². The number of thiazole rings is 1. The van der Waals surface area contributed by atoms with E-state index in [2.05, 4.69) is 22.0 Å². The molecule has 0 radical (unpaired) electrons. The third kappa shape index (κ3) is 3.97. The number of hydrogen-bond acceptors (Lipinski definition) is 7. The minimum Gasteiger partial charge on any atom is -0.504 e. The highest BCUT2D eigenvalue weighted by Crippen LogP contribution is 2.41. The molecule has 1 aromatic heterocycles. The Balaban J connectivity index is 1.63. The van der Waals surface area contributed by atoms with Crippen LogP contribution in [0.2, 0.25) is 0 Å². The van der Waals surface area contributed by atoms with Crippen LogP contribution in [0.3, 0.4) is 0 Å². The quantitative estimate of drug-likeness (QED) is 0.274. The fraction of sp³-hybridized carbons (Fsp3) is 0.143. The second kappa shape index (κ2) is 9.38. The normalized spacial score (nSPS) is 16.4. The molecule has 0 saturated carbocycles. The number of aryl methyl sites for hydroxylation is 1. The van der Waals surface area contributed by atoms with Gasteiger partial charge in [0.2, 0.25) is 0 Å². The summed E-state index contributed by atoms with van der Waals surface area (Å²) in [6.07, 6.45) is 3.08. The van der Waals surface area contributed by atoms with Gasteiger partial charge in [0, 0.05) is 27.7 Å². The summed E-state index contributed by atoms with van der Waals surface area (Å²) in [5.74, 6) is 0.199. The van der Waals surface area contributed by atoms with Crippen LogP contribution in [-0.2, 0) is 6.42 Å². The lowest BCUT2D eigenvalue weighted by Crippen LogP contribution is -2.38. The standard InChI is InChI=1S/C28H20BrN3O5S/c1-37-22-14-18(29)11-17(26(22)33)13-23-27(34)31-25(16-6-4-7-19(12-16)32(35)36)21-10-9-15-5-2-3-8-20(15)24(21)30-28(31)38-23/h2-8,11-14,25,33H,9-10H2,1H3/b23-13+. The first-order chi connectivity index (χ1) is 18.4. The highest BCUT2D eigenvalue weighted by atomic mass is 79.9. The summed E-state index contributed by atoms with van der Waals surface area (Å²) in [6, 6.07) is 17.3. The molecule has 1 atom stereocenters. The molecule has 38 heavy (non-hydrogen) atoms. The van der Waals surface area contributed by atoms with Crippen molar-refractivity contribution < 1.29 is 14.8 Å². The topological polar surface area (TPSA) is 107 Å². The number of non-ortho nitro benzene ring substituents is 1. The van der Waals surface area contributed by atoms with E-state index >= 15 is 0 Å². The number of aromatic hydroxyl groups is 1. The van der Waals surface area contributed by atoms with Crippen molar-refractivity contribution in [2.24, 2.45) is 4.99 Å². The van der Waals surface area contributed by atoms with Crippen LogP contribution in [0, 0.1) is 10.1 Å². The van der Waals surface area contributed by atoms with Gasteiger partial charge in [0.05, 0.1) is 28.3 Å². The molecule has 0 saturated heterocycles. The third-order valence-electron chi connectivity index (χ3n) is 6.85. The van der Waals surface area contributed by atoms with E-state index in [1.165, 1.54) is 36.1 Å². The van der Waals surface area contributed by atoms with E-state index < -0.39 is 11.0 Å². The third-order valence-corrected chi connectivity index (χ3v) is 8.29. The number of aromatic nitrogens is 1. The molecule has 0 bridgehead atoms. The van der Waals surface area contributed by atoms with Gasteiger partial charge < -0.3 is 9.84 Å². The van der Waals surface area contributed by atoms with Crippen LogP contribution in [0.25, 0.3) is 11.8 Å². The molecule has 190 valence electrons. The molecule has 0 amide bonds. The summed E-state index contributed by atoms with van der Waals surface area (Å²) in [5.41, 5.74) is 4.70. The van der Waals surface area contributed by atoms with Crippen molar-refractivity contribution in [1.29, 1.82) is 0 Å². The lowest BCUT2D eigenvalue weighted by molar-refractivity contribution is -0.384. The number of allylic oxidation sites excluding steroid dienone is 1. The van der Waals surface area contributed by atoms with Gasteiger partial charge in [0.25, 0.3) is 11.2 Å². The summed E-state index contributed by atoms with van der Waals surface area (Å²) >= 11 is 4.64. The van der Waals surface area contributed by atoms with Crippen LogP contribution < -0.4 is 19.6 Å². The Kier molecular flexibility index (Phi) is 6.00. The molecule has 0 fully saturated rings. The van der Waals surface area contributed by atoms with Crippen molar-refractivity contribution in [2.75, 3.05) is 7.11 Å². The zero-order chi connectivity index (χ0) is 26.6. The van der Waals surface area contributed by atoms with Crippen molar-refractivity contribution in [3.8, 4) is 11.5 Å². The Morgan fingerprint density at radius 1 is 1.18 bits per heavy atom. The maximum atomic E-state index is 13.9. The molecule has 2 heterocycles. The van der Waals surface area contributed by atoms with E-state index in [1.54, 1.807) is 28.8 Å². The number of methoxy groups -OCH3 is 1. The first-order valence-electron chi connectivity index (χ1n) is 11.8. The van der Waals surface area contributed by atoms with Crippen LogP contribution in [0.15, 0.2) is 80.5 Å². The minimum atomic E-state index is -0.540. The van der Waals surface area contributed by atoms with Gasteiger partial charge in [-0.2, -0.15) is 0 Å². The number of ether oxygens (including phenoxy) is 1. The van der Waals surface area contributed by atoms with Crippen molar-refractivity contribution in [2.45, 2.75) is 18.9 Å². The van der Waals surface area contributed by atoms with Gasteiger partial charge in [-0.05, 0) is 47.8 Å². The fourth-order valence-corrected chi connectivity index (χ4v) is 6.58. The number of rotatable bonds is 4. The molecule has 1 N–H and O–H groups in total. The molecule has 1 aliphatic carbocycles. The SMILES string of the molecule is COc1cc(Br)cc(/C=c2/sc3n(c2=O)C(c2cccc([N+](=O)[O-])c2)C2=C(N=3)c3ccccc3CC2)c1O. The molecule has 6 rings (SSSR count). The zero-order valence-electron chi connectivity index (χ0n) is 20.1. The molecule has 3 aromatic carbocycles.